The van der Waals surface area contributed by atoms with Crippen molar-refractivity contribution in [3.05, 3.63) is 53.4 Å². The topological polar surface area (TPSA) is 67.2 Å². The second-order valence-electron chi connectivity index (χ2n) is 3.99. The van der Waals surface area contributed by atoms with E-state index >= 15 is 0 Å². The molecule has 0 saturated heterocycles. The Hall–Kier alpha value is -2.23. The van der Waals surface area contributed by atoms with Crippen molar-refractivity contribution in [2.45, 2.75) is 6.92 Å². The van der Waals surface area contributed by atoms with Crippen molar-refractivity contribution in [3.63, 3.8) is 0 Å². The highest BCUT2D eigenvalue weighted by molar-refractivity contribution is 6.04. The van der Waals surface area contributed by atoms with Crippen molar-refractivity contribution >= 4 is 11.6 Å². The number of rotatable bonds is 2. The summed E-state index contributed by atoms with van der Waals surface area (Å²) in [5, 5.41) is 5.77. The van der Waals surface area contributed by atoms with Gasteiger partial charge in [0, 0.05) is 17.8 Å². The van der Waals surface area contributed by atoms with Gasteiger partial charge in [-0.05, 0) is 36.8 Å². The van der Waals surface area contributed by atoms with E-state index in [1.807, 2.05) is 31.2 Å². The molecule has 1 aromatic rings. The smallest absolute Gasteiger partial charge is 0.253 e. The van der Waals surface area contributed by atoms with E-state index in [9.17, 15) is 4.79 Å². The van der Waals surface area contributed by atoms with Gasteiger partial charge in [-0.1, -0.05) is 12.1 Å². The number of hydrogen-bond donors (Lipinski definition) is 3. The Morgan fingerprint density at radius 2 is 2.24 bits per heavy atom. The van der Waals surface area contributed by atoms with Gasteiger partial charge >= 0.3 is 0 Å². The minimum Gasteiger partial charge on any atom is -0.386 e. The highest BCUT2D eigenvalue weighted by Crippen LogP contribution is 2.11. The van der Waals surface area contributed by atoms with Gasteiger partial charge in [0.2, 0.25) is 0 Å². The number of nitrogens with two attached hydrogens (primary N) is 1. The Morgan fingerprint density at radius 1 is 1.41 bits per heavy atom. The summed E-state index contributed by atoms with van der Waals surface area (Å²) in [6.07, 6.45) is 3.42. The fourth-order valence-electron chi connectivity index (χ4n) is 1.60. The second-order valence-corrected chi connectivity index (χ2v) is 3.99. The molecule has 4 nitrogen and oxygen atoms in total. The fourth-order valence-corrected chi connectivity index (χ4v) is 1.60. The van der Waals surface area contributed by atoms with Gasteiger partial charge in [0.25, 0.3) is 5.91 Å². The van der Waals surface area contributed by atoms with Crippen LogP contribution in [-0.4, -0.2) is 12.5 Å². The molecular weight excluding hydrogens is 214 g/mol. The van der Waals surface area contributed by atoms with Crippen LogP contribution in [0.2, 0.25) is 0 Å². The quantitative estimate of drug-likeness (QED) is 0.715. The van der Waals surface area contributed by atoms with Gasteiger partial charge in [-0.3, -0.25) is 4.79 Å². The van der Waals surface area contributed by atoms with Gasteiger partial charge in [0.15, 0.2) is 0 Å². The van der Waals surface area contributed by atoms with Crippen LogP contribution in [0.15, 0.2) is 47.8 Å². The number of amides is 1. The molecule has 0 aliphatic carbocycles. The van der Waals surface area contributed by atoms with E-state index in [0.717, 1.165) is 11.3 Å². The first kappa shape index (κ1) is 11.3. The number of benzene rings is 1. The lowest BCUT2D eigenvalue weighted by Gasteiger charge is -2.14. The van der Waals surface area contributed by atoms with E-state index in [2.05, 4.69) is 10.6 Å². The van der Waals surface area contributed by atoms with E-state index < -0.39 is 0 Å². The average molecular weight is 229 g/mol. The van der Waals surface area contributed by atoms with Crippen LogP contribution in [0, 0.1) is 6.92 Å². The van der Waals surface area contributed by atoms with Gasteiger partial charge in [0.1, 0.15) is 0 Å². The SMILES string of the molecule is Cc1cccc(NC(=O)C2=CC=C(N)NC2)c1. The Balaban J connectivity index is 2.07. The lowest BCUT2D eigenvalue weighted by Crippen LogP contribution is -2.30. The lowest BCUT2D eigenvalue weighted by molar-refractivity contribution is -0.112. The molecule has 0 saturated carbocycles. The van der Waals surface area contributed by atoms with E-state index in [0.29, 0.717) is 17.9 Å². The molecule has 0 atom stereocenters. The molecule has 4 N–H and O–H groups in total. The first-order valence-corrected chi connectivity index (χ1v) is 5.43. The summed E-state index contributed by atoms with van der Waals surface area (Å²) in [6.45, 7) is 2.44. The van der Waals surface area contributed by atoms with Crippen LogP contribution in [0.5, 0.6) is 0 Å². The molecule has 0 unspecified atom stereocenters. The third kappa shape index (κ3) is 2.87. The molecule has 17 heavy (non-hydrogen) atoms. The summed E-state index contributed by atoms with van der Waals surface area (Å²) in [4.78, 5) is 11.9. The molecule has 1 aliphatic rings. The molecule has 0 spiro atoms. The monoisotopic (exact) mass is 229 g/mol. The lowest BCUT2D eigenvalue weighted by atomic mass is 10.1. The number of dihydropyridines is 1. The highest BCUT2D eigenvalue weighted by atomic mass is 16.1. The molecule has 2 rings (SSSR count). The zero-order chi connectivity index (χ0) is 12.3. The van der Waals surface area contributed by atoms with Crippen molar-refractivity contribution in [2.24, 2.45) is 5.73 Å². The van der Waals surface area contributed by atoms with Crippen molar-refractivity contribution in [3.8, 4) is 0 Å². The maximum Gasteiger partial charge on any atom is 0.253 e. The van der Waals surface area contributed by atoms with Crippen molar-refractivity contribution in [1.82, 2.24) is 5.32 Å². The summed E-state index contributed by atoms with van der Waals surface area (Å²) in [6, 6.07) is 7.70. The molecule has 0 fully saturated rings. The zero-order valence-corrected chi connectivity index (χ0v) is 9.66. The van der Waals surface area contributed by atoms with Crippen LogP contribution in [0.25, 0.3) is 0 Å². The molecule has 1 aliphatic heterocycles. The van der Waals surface area contributed by atoms with E-state index in [1.165, 1.54) is 0 Å². The van der Waals surface area contributed by atoms with Crippen LogP contribution in [0.3, 0.4) is 0 Å². The maximum absolute atomic E-state index is 11.9. The molecule has 1 aromatic carbocycles. The zero-order valence-electron chi connectivity index (χ0n) is 9.66. The molecule has 4 heteroatoms. The number of hydrogen-bond acceptors (Lipinski definition) is 3. The first-order valence-electron chi connectivity index (χ1n) is 5.43. The van der Waals surface area contributed by atoms with Gasteiger partial charge in [-0.25, -0.2) is 0 Å². The Kier molecular flexibility index (Phi) is 3.14. The van der Waals surface area contributed by atoms with Crippen molar-refractivity contribution in [1.29, 1.82) is 0 Å². The van der Waals surface area contributed by atoms with Gasteiger partial charge in [-0.15, -0.1) is 0 Å². The van der Waals surface area contributed by atoms with E-state index in [-0.39, 0.29) is 5.91 Å². The molecule has 1 amide bonds. The largest absolute Gasteiger partial charge is 0.386 e. The second kappa shape index (κ2) is 4.74. The molecule has 1 heterocycles. The van der Waals surface area contributed by atoms with E-state index in [1.54, 1.807) is 12.2 Å². The number of aryl methyl sites for hydroxylation is 1. The van der Waals surface area contributed by atoms with Gasteiger partial charge < -0.3 is 16.4 Å². The minimum absolute atomic E-state index is 0.105. The summed E-state index contributed by atoms with van der Waals surface area (Å²) < 4.78 is 0. The maximum atomic E-state index is 11.9. The fraction of sp³-hybridized carbons (Fsp3) is 0.154. The minimum atomic E-state index is -0.105. The number of nitrogens with one attached hydrogen (secondary N) is 2. The molecule has 0 aromatic heterocycles. The standard InChI is InChI=1S/C13H15N3O/c1-9-3-2-4-11(7-9)16-13(17)10-5-6-12(14)15-8-10/h2-7,15H,8,14H2,1H3,(H,16,17). The molecule has 0 radical (unpaired) electrons. The number of allylic oxidation sites excluding steroid dienone is 2. The summed E-state index contributed by atoms with van der Waals surface area (Å²) >= 11 is 0. The number of carbonyl (C=O) groups is 1. The number of anilines is 1. The van der Waals surface area contributed by atoms with Crippen LogP contribution >= 0.6 is 0 Å². The van der Waals surface area contributed by atoms with Crippen LogP contribution in [0.4, 0.5) is 5.69 Å². The summed E-state index contributed by atoms with van der Waals surface area (Å²) in [5.74, 6) is 0.476. The Bertz CT molecular complexity index is 503. The predicted octanol–water partition coefficient (Wildman–Crippen LogP) is 1.26. The Morgan fingerprint density at radius 3 is 2.88 bits per heavy atom. The van der Waals surface area contributed by atoms with Crippen molar-refractivity contribution < 1.29 is 4.79 Å². The third-order valence-corrected chi connectivity index (χ3v) is 2.51. The third-order valence-electron chi connectivity index (χ3n) is 2.51. The van der Waals surface area contributed by atoms with Crippen LogP contribution < -0.4 is 16.4 Å². The molecular formula is C13H15N3O. The Labute approximate surface area is 100 Å². The highest BCUT2D eigenvalue weighted by Gasteiger charge is 2.11. The van der Waals surface area contributed by atoms with Crippen LogP contribution in [-0.2, 0) is 4.79 Å². The molecule has 0 bridgehead atoms. The average Bonchev–Trinajstić information content (AvgIpc) is 2.29. The van der Waals surface area contributed by atoms with Gasteiger partial charge in [-0.2, -0.15) is 0 Å². The molecule has 88 valence electrons. The normalized spacial score (nSPS) is 14.4. The predicted molar refractivity (Wildman–Crippen MR) is 68.2 cm³/mol. The summed E-state index contributed by atoms with van der Waals surface area (Å²) in [7, 11) is 0. The number of carbonyl (C=O) groups excluding carboxylic acids is 1. The van der Waals surface area contributed by atoms with Gasteiger partial charge in [0.05, 0.1) is 5.82 Å². The summed E-state index contributed by atoms with van der Waals surface area (Å²) in [5.41, 5.74) is 8.13. The van der Waals surface area contributed by atoms with Crippen LogP contribution in [0.1, 0.15) is 5.56 Å². The first-order chi connectivity index (χ1) is 8.15. The van der Waals surface area contributed by atoms with Crippen molar-refractivity contribution in [2.75, 3.05) is 11.9 Å². The van der Waals surface area contributed by atoms with E-state index in [4.69, 9.17) is 5.73 Å².